The Morgan fingerprint density at radius 3 is 2.56 bits per heavy atom. The van der Waals surface area contributed by atoms with Crippen molar-refractivity contribution in [2.75, 3.05) is 13.2 Å². The zero-order chi connectivity index (χ0) is 22.5. The number of fused-ring (bicyclic) bond motifs is 1. The summed E-state index contributed by atoms with van der Waals surface area (Å²) in [6.07, 6.45) is 9.25. The summed E-state index contributed by atoms with van der Waals surface area (Å²) < 4.78 is 13.9. The van der Waals surface area contributed by atoms with Crippen LogP contribution in [0.25, 0.3) is 0 Å². The van der Waals surface area contributed by atoms with Gasteiger partial charge in [0.25, 0.3) is 5.91 Å². The van der Waals surface area contributed by atoms with Gasteiger partial charge in [0.05, 0.1) is 24.9 Å². The van der Waals surface area contributed by atoms with Crippen LogP contribution >= 0.6 is 0 Å². The summed E-state index contributed by atoms with van der Waals surface area (Å²) in [4.78, 5) is 12.5. The zero-order valence-electron chi connectivity index (χ0n) is 18.9. The Morgan fingerprint density at radius 1 is 1.09 bits per heavy atom. The minimum atomic E-state index is -0.216. The van der Waals surface area contributed by atoms with E-state index in [1.165, 1.54) is 44.2 Å². The number of carbonyl (C=O) groups is 1. The Balaban J connectivity index is 0.00000119. The SMILES string of the molecule is CC.O=C(NC1COC2C1OCC2n1cc(CC2CCCCC2)nn1)c1ccc(O)cc1. The number of ether oxygens (including phenoxy) is 2. The number of aromatic hydroxyl groups is 1. The van der Waals surface area contributed by atoms with Gasteiger partial charge in [-0.15, -0.1) is 5.10 Å². The number of nitrogens with one attached hydrogen (secondary N) is 1. The molecule has 2 saturated heterocycles. The van der Waals surface area contributed by atoms with Gasteiger partial charge in [0.1, 0.15) is 24.0 Å². The lowest BCUT2D eigenvalue weighted by Gasteiger charge is -2.20. The van der Waals surface area contributed by atoms with Crippen LogP contribution in [-0.4, -0.2) is 57.5 Å². The number of rotatable bonds is 5. The molecule has 1 aromatic heterocycles. The van der Waals surface area contributed by atoms with E-state index in [2.05, 4.69) is 15.6 Å². The monoisotopic (exact) mass is 442 g/mol. The molecule has 1 aliphatic carbocycles. The molecule has 32 heavy (non-hydrogen) atoms. The average molecular weight is 443 g/mol. The summed E-state index contributed by atoms with van der Waals surface area (Å²) in [7, 11) is 0. The van der Waals surface area contributed by atoms with Crippen molar-refractivity contribution in [3.63, 3.8) is 0 Å². The fraction of sp³-hybridized carbons (Fsp3) is 0.625. The van der Waals surface area contributed by atoms with Crippen molar-refractivity contribution in [1.29, 1.82) is 0 Å². The van der Waals surface area contributed by atoms with Gasteiger partial charge in [-0.2, -0.15) is 0 Å². The second kappa shape index (κ2) is 10.4. The number of phenols is 1. The molecule has 3 fully saturated rings. The minimum absolute atomic E-state index is 0.0295. The fourth-order valence-electron chi connectivity index (χ4n) is 4.95. The van der Waals surface area contributed by atoms with E-state index in [0.29, 0.717) is 18.8 Å². The van der Waals surface area contributed by atoms with Crippen molar-refractivity contribution in [2.24, 2.45) is 5.92 Å². The van der Waals surface area contributed by atoms with Crippen LogP contribution in [0, 0.1) is 5.92 Å². The number of benzene rings is 1. The van der Waals surface area contributed by atoms with E-state index in [9.17, 15) is 9.90 Å². The lowest BCUT2D eigenvalue weighted by molar-refractivity contribution is 0.0613. The number of hydrogen-bond acceptors (Lipinski definition) is 6. The van der Waals surface area contributed by atoms with Crippen LogP contribution in [0.4, 0.5) is 0 Å². The van der Waals surface area contributed by atoms with Gasteiger partial charge in [-0.1, -0.05) is 51.2 Å². The van der Waals surface area contributed by atoms with Gasteiger partial charge in [0.15, 0.2) is 0 Å². The number of amides is 1. The average Bonchev–Trinajstić information content (AvgIpc) is 3.54. The number of nitrogens with zero attached hydrogens (tertiary/aromatic N) is 3. The highest BCUT2D eigenvalue weighted by atomic mass is 16.6. The summed E-state index contributed by atoms with van der Waals surface area (Å²) in [5.41, 5.74) is 1.54. The number of hydrogen-bond donors (Lipinski definition) is 2. The summed E-state index contributed by atoms with van der Waals surface area (Å²) in [6, 6.07) is 5.95. The lowest BCUT2D eigenvalue weighted by Crippen LogP contribution is -2.44. The Labute approximate surface area is 189 Å². The standard InChI is InChI=1S/C22H28N4O4.C2H6/c27-17-8-6-15(7-9-17)22(28)23-18-12-29-21-19(13-30-20(18)21)26-11-16(24-25-26)10-14-4-2-1-3-5-14;1-2/h6-9,11,14,18-21,27H,1-5,10,12-13H2,(H,23,28);1-2H3. The third-order valence-electron chi connectivity index (χ3n) is 6.59. The Hall–Kier alpha value is -2.45. The van der Waals surface area contributed by atoms with Gasteiger partial charge in [0, 0.05) is 11.8 Å². The summed E-state index contributed by atoms with van der Waals surface area (Å²) in [5, 5.41) is 21.1. The maximum absolute atomic E-state index is 12.5. The van der Waals surface area contributed by atoms with Crippen molar-refractivity contribution in [2.45, 2.75) is 76.7 Å². The van der Waals surface area contributed by atoms with Crippen molar-refractivity contribution in [1.82, 2.24) is 20.3 Å². The normalized spacial score (nSPS) is 27.4. The number of phenolic OH excluding ortho intramolecular Hbond substituents is 1. The summed E-state index contributed by atoms with van der Waals surface area (Å²) in [6.45, 7) is 4.90. The molecule has 4 atom stereocenters. The van der Waals surface area contributed by atoms with Gasteiger partial charge in [-0.3, -0.25) is 4.79 Å². The third-order valence-corrected chi connectivity index (χ3v) is 6.59. The van der Waals surface area contributed by atoms with E-state index in [-0.39, 0.29) is 35.9 Å². The molecule has 1 aromatic carbocycles. The van der Waals surface area contributed by atoms with Crippen molar-refractivity contribution >= 4 is 5.91 Å². The molecule has 3 aliphatic rings. The number of aromatic nitrogens is 3. The topological polar surface area (TPSA) is 98.5 Å². The molecule has 174 valence electrons. The highest BCUT2D eigenvalue weighted by molar-refractivity contribution is 5.94. The van der Waals surface area contributed by atoms with Crippen LogP contribution in [0.3, 0.4) is 0 Å². The molecule has 1 saturated carbocycles. The smallest absolute Gasteiger partial charge is 0.251 e. The highest BCUT2D eigenvalue weighted by Crippen LogP contribution is 2.34. The maximum atomic E-state index is 12.5. The van der Waals surface area contributed by atoms with E-state index < -0.39 is 0 Å². The van der Waals surface area contributed by atoms with Gasteiger partial charge in [-0.25, -0.2) is 4.68 Å². The Morgan fingerprint density at radius 2 is 1.81 bits per heavy atom. The predicted molar refractivity (Wildman–Crippen MR) is 120 cm³/mol. The fourth-order valence-corrected chi connectivity index (χ4v) is 4.95. The molecule has 2 aliphatic heterocycles. The quantitative estimate of drug-likeness (QED) is 0.737. The van der Waals surface area contributed by atoms with Crippen LogP contribution in [0.1, 0.15) is 68.0 Å². The molecule has 8 heteroatoms. The van der Waals surface area contributed by atoms with Crippen molar-refractivity contribution in [3.8, 4) is 5.75 Å². The molecular weight excluding hydrogens is 408 g/mol. The summed E-state index contributed by atoms with van der Waals surface area (Å²) in [5.74, 6) is 0.652. The van der Waals surface area contributed by atoms with E-state index in [4.69, 9.17) is 9.47 Å². The van der Waals surface area contributed by atoms with Crippen molar-refractivity contribution < 1.29 is 19.4 Å². The second-order valence-corrected chi connectivity index (χ2v) is 8.69. The Bertz CT molecular complexity index is 878. The molecule has 4 unspecified atom stereocenters. The summed E-state index contributed by atoms with van der Waals surface area (Å²) >= 11 is 0. The van der Waals surface area contributed by atoms with Crippen LogP contribution in [0.2, 0.25) is 0 Å². The maximum Gasteiger partial charge on any atom is 0.251 e. The molecule has 2 aromatic rings. The predicted octanol–water partition coefficient (Wildman–Crippen LogP) is 3.27. The van der Waals surface area contributed by atoms with Crippen LogP contribution < -0.4 is 5.32 Å². The molecule has 0 radical (unpaired) electrons. The van der Waals surface area contributed by atoms with Crippen LogP contribution in [0.5, 0.6) is 5.75 Å². The molecular formula is C24H34N4O4. The van der Waals surface area contributed by atoms with E-state index in [1.807, 2.05) is 24.7 Å². The zero-order valence-corrected chi connectivity index (χ0v) is 18.9. The first kappa shape index (κ1) is 22.7. The molecule has 8 nitrogen and oxygen atoms in total. The first-order valence-electron chi connectivity index (χ1n) is 11.9. The molecule has 0 bridgehead atoms. The second-order valence-electron chi connectivity index (χ2n) is 8.69. The molecule has 2 N–H and O–H groups in total. The van der Waals surface area contributed by atoms with Crippen LogP contribution in [0.15, 0.2) is 30.5 Å². The van der Waals surface area contributed by atoms with Gasteiger partial charge >= 0.3 is 0 Å². The lowest BCUT2D eigenvalue weighted by atomic mass is 9.86. The molecule has 1 amide bonds. The Kier molecular flexibility index (Phi) is 7.42. The third kappa shape index (κ3) is 4.96. The minimum Gasteiger partial charge on any atom is -0.508 e. The largest absolute Gasteiger partial charge is 0.508 e. The highest BCUT2D eigenvalue weighted by Gasteiger charge is 2.49. The first-order valence-corrected chi connectivity index (χ1v) is 11.9. The van der Waals surface area contributed by atoms with Crippen LogP contribution in [-0.2, 0) is 15.9 Å². The molecule has 3 heterocycles. The van der Waals surface area contributed by atoms with E-state index >= 15 is 0 Å². The van der Waals surface area contributed by atoms with Crippen molar-refractivity contribution in [3.05, 3.63) is 41.7 Å². The van der Waals surface area contributed by atoms with Gasteiger partial charge in [0.2, 0.25) is 0 Å². The molecule has 0 spiro atoms. The van der Waals surface area contributed by atoms with E-state index in [0.717, 1.165) is 18.0 Å². The first-order chi connectivity index (χ1) is 15.7. The van der Waals surface area contributed by atoms with E-state index in [1.54, 1.807) is 12.1 Å². The number of carbonyl (C=O) groups excluding carboxylic acids is 1. The molecule has 5 rings (SSSR count). The van der Waals surface area contributed by atoms with Gasteiger partial charge < -0.3 is 19.9 Å². The van der Waals surface area contributed by atoms with Gasteiger partial charge in [-0.05, 0) is 36.6 Å².